The average molecular weight is 276 g/mol. The maximum atomic E-state index is 5.90. The van der Waals surface area contributed by atoms with Gasteiger partial charge in [-0.25, -0.2) is 9.97 Å². The summed E-state index contributed by atoms with van der Waals surface area (Å²) in [6, 6.07) is 0. The summed E-state index contributed by atoms with van der Waals surface area (Å²) >= 11 is 0. The van der Waals surface area contributed by atoms with Crippen LogP contribution in [0.4, 0.5) is 5.82 Å². The first-order valence-corrected chi connectivity index (χ1v) is 7.82. The first-order chi connectivity index (χ1) is 9.93. The van der Waals surface area contributed by atoms with Crippen molar-refractivity contribution < 1.29 is 4.74 Å². The van der Waals surface area contributed by atoms with Crippen molar-refractivity contribution in [1.82, 2.24) is 15.3 Å². The van der Waals surface area contributed by atoms with E-state index in [1.807, 2.05) is 0 Å². The smallest absolute Gasteiger partial charge is 0.132 e. The summed E-state index contributed by atoms with van der Waals surface area (Å²) < 4.78 is 5.90. The molecule has 1 saturated heterocycles. The molecule has 0 spiro atoms. The highest BCUT2D eigenvalue weighted by Gasteiger charge is 2.16. The Balaban J connectivity index is 1.37. The van der Waals surface area contributed by atoms with E-state index in [0.29, 0.717) is 6.10 Å². The molecule has 2 aliphatic rings. The van der Waals surface area contributed by atoms with Crippen LogP contribution in [-0.2, 0) is 17.6 Å². The van der Waals surface area contributed by atoms with Gasteiger partial charge >= 0.3 is 0 Å². The van der Waals surface area contributed by atoms with Gasteiger partial charge < -0.3 is 15.4 Å². The van der Waals surface area contributed by atoms with Crippen LogP contribution in [0.2, 0.25) is 0 Å². The van der Waals surface area contributed by atoms with Crippen LogP contribution in [0, 0.1) is 0 Å². The van der Waals surface area contributed by atoms with Gasteiger partial charge in [0.2, 0.25) is 0 Å². The lowest BCUT2D eigenvalue weighted by molar-refractivity contribution is 0.0329. The Kier molecular flexibility index (Phi) is 4.82. The first kappa shape index (κ1) is 13.8. The molecule has 1 aliphatic heterocycles. The molecule has 0 amide bonds. The summed E-state index contributed by atoms with van der Waals surface area (Å²) in [5.41, 5.74) is 2.56. The highest BCUT2D eigenvalue weighted by Crippen LogP contribution is 2.24. The Morgan fingerprint density at radius 1 is 1.25 bits per heavy atom. The number of piperidine rings is 1. The fourth-order valence-corrected chi connectivity index (χ4v) is 3.00. The molecule has 3 rings (SSSR count). The Labute approximate surface area is 120 Å². The van der Waals surface area contributed by atoms with Gasteiger partial charge in [0, 0.05) is 24.4 Å². The van der Waals surface area contributed by atoms with Crippen LogP contribution < -0.4 is 10.6 Å². The molecule has 20 heavy (non-hydrogen) atoms. The van der Waals surface area contributed by atoms with Gasteiger partial charge in [-0.3, -0.25) is 0 Å². The first-order valence-electron chi connectivity index (χ1n) is 7.82. The van der Waals surface area contributed by atoms with Gasteiger partial charge in [-0.1, -0.05) is 0 Å². The van der Waals surface area contributed by atoms with E-state index in [2.05, 4.69) is 20.6 Å². The van der Waals surface area contributed by atoms with Gasteiger partial charge in [0.1, 0.15) is 12.1 Å². The molecule has 1 aromatic heterocycles. The van der Waals surface area contributed by atoms with Crippen LogP contribution in [0.3, 0.4) is 0 Å². The molecule has 0 bridgehead atoms. The van der Waals surface area contributed by atoms with Crippen molar-refractivity contribution in [2.75, 3.05) is 31.6 Å². The zero-order valence-electron chi connectivity index (χ0n) is 12.0. The maximum Gasteiger partial charge on any atom is 0.132 e. The number of aromatic nitrogens is 2. The molecule has 5 nitrogen and oxygen atoms in total. The summed E-state index contributed by atoms with van der Waals surface area (Å²) in [6.07, 6.45) is 8.89. The molecule has 110 valence electrons. The normalized spacial score (nSPS) is 19.0. The van der Waals surface area contributed by atoms with Gasteiger partial charge in [0.15, 0.2) is 0 Å². The molecule has 1 fully saturated rings. The largest absolute Gasteiger partial charge is 0.378 e. The van der Waals surface area contributed by atoms with Gasteiger partial charge in [0.25, 0.3) is 0 Å². The van der Waals surface area contributed by atoms with E-state index in [4.69, 9.17) is 4.74 Å². The number of nitrogens with one attached hydrogen (secondary N) is 2. The predicted octanol–water partition coefficient (Wildman–Crippen LogP) is 1.54. The van der Waals surface area contributed by atoms with Crippen molar-refractivity contribution >= 4 is 5.82 Å². The summed E-state index contributed by atoms with van der Waals surface area (Å²) in [6.45, 7) is 3.95. The zero-order chi connectivity index (χ0) is 13.6. The number of fused-ring (bicyclic) bond motifs is 1. The molecule has 0 radical (unpaired) electrons. The molecule has 0 aromatic carbocycles. The number of ether oxygens (including phenoxy) is 1. The van der Waals surface area contributed by atoms with E-state index >= 15 is 0 Å². The number of nitrogens with zero attached hydrogens (tertiary/aromatic N) is 2. The van der Waals surface area contributed by atoms with Crippen LogP contribution in [0.25, 0.3) is 0 Å². The standard InChI is InChI=1S/C15H24N4O/c1-3-13-14(4-1)18-11-19-15(13)17-7-2-10-20-12-5-8-16-9-6-12/h11-12,16H,1-10H2,(H,17,18,19). The maximum absolute atomic E-state index is 5.90. The van der Waals surface area contributed by atoms with Gasteiger partial charge in [-0.05, 0) is 51.6 Å². The molecule has 0 unspecified atom stereocenters. The van der Waals surface area contributed by atoms with E-state index in [-0.39, 0.29) is 0 Å². The second-order valence-electron chi connectivity index (χ2n) is 5.60. The van der Waals surface area contributed by atoms with Gasteiger partial charge in [-0.15, -0.1) is 0 Å². The lowest BCUT2D eigenvalue weighted by atomic mass is 10.1. The third kappa shape index (κ3) is 3.46. The van der Waals surface area contributed by atoms with E-state index in [0.717, 1.165) is 64.2 Å². The molecule has 5 heteroatoms. The fraction of sp³-hybridized carbons (Fsp3) is 0.733. The predicted molar refractivity (Wildman–Crippen MR) is 79.0 cm³/mol. The highest BCUT2D eigenvalue weighted by molar-refractivity contribution is 5.47. The molecular formula is C15H24N4O. The van der Waals surface area contributed by atoms with Crippen molar-refractivity contribution in [3.05, 3.63) is 17.6 Å². The summed E-state index contributed by atoms with van der Waals surface area (Å²) in [5, 5.41) is 6.79. The molecule has 2 heterocycles. The summed E-state index contributed by atoms with van der Waals surface area (Å²) in [7, 11) is 0. The summed E-state index contributed by atoms with van der Waals surface area (Å²) in [5.74, 6) is 1.04. The molecule has 1 aromatic rings. The third-order valence-corrected chi connectivity index (χ3v) is 4.13. The molecular weight excluding hydrogens is 252 g/mol. The quantitative estimate of drug-likeness (QED) is 0.772. The lowest BCUT2D eigenvalue weighted by Gasteiger charge is -2.22. The van der Waals surface area contributed by atoms with Crippen LogP contribution in [0.1, 0.15) is 36.9 Å². The van der Waals surface area contributed by atoms with Crippen molar-refractivity contribution in [2.45, 2.75) is 44.6 Å². The van der Waals surface area contributed by atoms with Crippen LogP contribution in [-0.4, -0.2) is 42.3 Å². The van der Waals surface area contributed by atoms with Crippen molar-refractivity contribution in [1.29, 1.82) is 0 Å². The molecule has 2 N–H and O–H groups in total. The van der Waals surface area contributed by atoms with Crippen molar-refractivity contribution in [3.8, 4) is 0 Å². The van der Waals surface area contributed by atoms with Gasteiger partial charge in [-0.2, -0.15) is 0 Å². The molecule has 0 saturated carbocycles. The number of hydrogen-bond acceptors (Lipinski definition) is 5. The highest BCUT2D eigenvalue weighted by atomic mass is 16.5. The Morgan fingerprint density at radius 2 is 2.15 bits per heavy atom. The average Bonchev–Trinajstić information content (AvgIpc) is 2.97. The van der Waals surface area contributed by atoms with Crippen LogP contribution in [0.15, 0.2) is 6.33 Å². The Hall–Kier alpha value is -1.20. The lowest BCUT2D eigenvalue weighted by Crippen LogP contribution is -2.32. The monoisotopic (exact) mass is 276 g/mol. The number of hydrogen-bond donors (Lipinski definition) is 2. The van der Waals surface area contributed by atoms with Crippen molar-refractivity contribution in [3.63, 3.8) is 0 Å². The third-order valence-electron chi connectivity index (χ3n) is 4.13. The minimum Gasteiger partial charge on any atom is -0.378 e. The van der Waals surface area contributed by atoms with Crippen molar-refractivity contribution in [2.24, 2.45) is 0 Å². The van der Waals surface area contributed by atoms with Crippen LogP contribution >= 0.6 is 0 Å². The van der Waals surface area contributed by atoms with E-state index in [1.165, 1.54) is 17.7 Å². The number of aryl methyl sites for hydroxylation is 1. The summed E-state index contributed by atoms with van der Waals surface area (Å²) in [4.78, 5) is 8.71. The second-order valence-corrected chi connectivity index (χ2v) is 5.60. The fourth-order valence-electron chi connectivity index (χ4n) is 3.00. The zero-order valence-corrected chi connectivity index (χ0v) is 12.0. The molecule has 0 atom stereocenters. The van der Waals surface area contributed by atoms with E-state index in [1.54, 1.807) is 6.33 Å². The van der Waals surface area contributed by atoms with E-state index < -0.39 is 0 Å². The minimum absolute atomic E-state index is 0.458. The van der Waals surface area contributed by atoms with Crippen LogP contribution in [0.5, 0.6) is 0 Å². The second kappa shape index (κ2) is 6.99. The van der Waals surface area contributed by atoms with E-state index in [9.17, 15) is 0 Å². The number of anilines is 1. The topological polar surface area (TPSA) is 59.1 Å². The Morgan fingerprint density at radius 3 is 3.05 bits per heavy atom. The van der Waals surface area contributed by atoms with Gasteiger partial charge in [0.05, 0.1) is 6.10 Å². The Bertz CT molecular complexity index is 432. The minimum atomic E-state index is 0.458. The molecule has 1 aliphatic carbocycles. The SMILES string of the molecule is c1nc2c(c(NCCCOC3CCNCC3)n1)CCC2. The number of rotatable bonds is 6.